The number of oxazole rings is 1. The van der Waals surface area contributed by atoms with Gasteiger partial charge in [-0.3, -0.25) is 0 Å². The Morgan fingerprint density at radius 3 is 2.76 bits per heavy atom. The Morgan fingerprint density at radius 2 is 2.12 bits per heavy atom. The lowest BCUT2D eigenvalue weighted by Crippen LogP contribution is -2.14. The van der Waals surface area contributed by atoms with Gasteiger partial charge in [0.2, 0.25) is 0 Å². The molecule has 1 aliphatic rings. The third-order valence-corrected chi connectivity index (χ3v) is 3.59. The Morgan fingerprint density at radius 1 is 1.29 bits per heavy atom. The Labute approximate surface area is 105 Å². The fourth-order valence-electron chi connectivity index (χ4n) is 1.59. The van der Waals surface area contributed by atoms with Gasteiger partial charge in [-0.15, -0.1) is 0 Å². The highest BCUT2D eigenvalue weighted by Gasteiger charge is 2.19. The smallest absolute Gasteiger partial charge is 0.260 e. The van der Waals surface area contributed by atoms with Crippen molar-refractivity contribution < 1.29 is 4.42 Å². The summed E-state index contributed by atoms with van der Waals surface area (Å²) in [6.45, 7) is 0.967. The van der Waals surface area contributed by atoms with Crippen LogP contribution in [0.15, 0.2) is 51.3 Å². The summed E-state index contributed by atoms with van der Waals surface area (Å²) in [4.78, 5) is 5.24. The lowest BCUT2D eigenvalue weighted by Gasteiger charge is -2.03. The topological polar surface area (TPSA) is 38.1 Å². The van der Waals surface area contributed by atoms with E-state index in [0.29, 0.717) is 5.22 Å². The molecule has 2 aromatic rings. The minimum atomic E-state index is 0.689. The first-order valence-electron chi connectivity index (χ1n) is 5.80. The van der Waals surface area contributed by atoms with Gasteiger partial charge < -0.3 is 9.73 Å². The first-order valence-corrected chi connectivity index (χ1v) is 6.61. The van der Waals surface area contributed by atoms with E-state index in [1.54, 1.807) is 24.2 Å². The molecule has 1 fully saturated rings. The lowest BCUT2D eigenvalue weighted by molar-refractivity contribution is 0.454. The van der Waals surface area contributed by atoms with Gasteiger partial charge in [-0.2, -0.15) is 0 Å². The molecule has 0 amide bonds. The van der Waals surface area contributed by atoms with Crippen molar-refractivity contribution in [3.63, 3.8) is 0 Å². The van der Waals surface area contributed by atoms with Crippen molar-refractivity contribution in [2.75, 3.05) is 0 Å². The van der Waals surface area contributed by atoms with Gasteiger partial charge in [0.15, 0.2) is 0 Å². The maximum Gasteiger partial charge on any atom is 0.260 e. The van der Waals surface area contributed by atoms with E-state index in [0.717, 1.165) is 17.5 Å². The molecule has 0 radical (unpaired) electrons. The van der Waals surface area contributed by atoms with Gasteiger partial charge in [-0.05, 0) is 42.3 Å². The molecule has 0 atom stereocenters. The zero-order chi connectivity index (χ0) is 11.5. The van der Waals surface area contributed by atoms with Crippen LogP contribution in [0.5, 0.6) is 0 Å². The summed E-state index contributed by atoms with van der Waals surface area (Å²) in [6, 6.07) is 9.29. The van der Waals surface area contributed by atoms with Crippen molar-refractivity contribution in [2.24, 2.45) is 0 Å². The molecule has 88 valence electrons. The molecule has 0 aliphatic heterocycles. The molecule has 0 spiro atoms. The fraction of sp³-hybridized carbons (Fsp3) is 0.308. The minimum Gasteiger partial charge on any atom is -0.440 e. The summed E-state index contributed by atoms with van der Waals surface area (Å²) < 4.78 is 5.19. The molecular formula is C13H14N2OS. The van der Waals surface area contributed by atoms with Crippen LogP contribution >= 0.6 is 11.8 Å². The molecule has 1 aliphatic carbocycles. The first kappa shape index (κ1) is 10.9. The van der Waals surface area contributed by atoms with Crippen LogP contribution in [0.1, 0.15) is 18.4 Å². The first-order chi connectivity index (χ1) is 8.40. The van der Waals surface area contributed by atoms with Gasteiger partial charge in [-0.25, -0.2) is 4.98 Å². The van der Waals surface area contributed by atoms with Crippen LogP contribution in [0.4, 0.5) is 0 Å². The van der Waals surface area contributed by atoms with E-state index in [2.05, 4.69) is 34.6 Å². The molecule has 3 rings (SSSR count). The highest BCUT2D eigenvalue weighted by atomic mass is 32.2. The molecule has 17 heavy (non-hydrogen) atoms. The second-order valence-electron chi connectivity index (χ2n) is 4.20. The van der Waals surface area contributed by atoms with Crippen molar-refractivity contribution in [3.05, 3.63) is 42.3 Å². The van der Waals surface area contributed by atoms with E-state index in [4.69, 9.17) is 4.42 Å². The maximum absolute atomic E-state index is 5.19. The van der Waals surface area contributed by atoms with Crippen LogP contribution in [0, 0.1) is 0 Å². The van der Waals surface area contributed by atoms with Gasteiger partial charge in [0.1, 0.15) is 6.26 Å². The van der Waals surface area contributed by atoms with Crippen LogP contribution in [0.25, 0.3) is 0 Å². The second-order valence-corrected chi connectivity index (χ2v) is 5.22. The quantitative estimate of drug-likeness (QED) is 0.880. The van der Waals surface area contributed by atoms with Crippen LogP contribution in [-0.4, -0.2) is 11.0 Å². The Hall–Kier alpha value is -1.26. The van der Waals surface area contributed by atoms with E-state index in [1.807, 2.05) is 0 Å². The van der Waals surface area contributed by atoms with Crippen molar-refractivity contribution in [1.29, 1.82) is 0 Å². The van der Waals surface area contributed by atoms with E-state index in [1.165, 1.54) is 18.4 Å². The molecule has 1 aromatic carbocycles. The second kappa shape index (κ2) is 4.94. The van der Waals surface area contributed by atoms with Gasteiger partial charge in [0.25, 0.3) is 5.22 Å². The summed E-state index contributed by atoms with van der Waals surface area (Å²) in [5, 5.41) is 4.19. The summed E-state index contributed by atoms with van der Waals surface area (Å²) in [7, 11) is 0. The predicted molar refractivity (Wildman–Crippen MR) is 66.9 cm³/mol. The number of nitrogens with one attached hydrogen (secondary N) is 1. The van der Waals surface area contributed by atoms with Crippen LogP contribution in [0.2, 0.25) is 0 Å². The standard InChI is InChI=1S/C13H14N2OS/c1-5-12(17-13-14-7-8-16-13)6-2-10(1)9-15-11-3-4-11/h1-2,5-8,11,15H,3-4,9H2. The fourth-order valence-corrected chi connectivity index (χ4v) is 2.28. The SMILES string of the molecule is c1coc(Sc2ccc(CNC3CC3)cc2)n1. The van der Waals surface area contributed by atoms with Gasteiger partial charge in [0.05, 0.1) is 6.20 Å². The maximum atomic E-state index is 5.19. The number of rotatable bonds is 5. The largest absolute Gasteiger partial charge is 0.440 e. The summed E-state index contributed by atoms with van der Waals surface area (Å²) in [5.74, 6) is 0. The van der Waals surface area contributed by atoms with Crippen molar-refractivity contribution in [2.45, 2.75) is 35.5 Å². The van der Waals surface area contributed by atoms with Gasteiger partial charge >= 0.3 is 0 Å². The zero-order valence-corrected chi connectivity index (χ0v) is 10.2. The number of hydrogen-bond acceptors (Lipinski definition) is 4. The highest BCUT2D eigenvalue weighted by molar-refractivity contribution is 7.99. The molecule has 1 aromatic heterocycles. The molecule has 1 N–H and O–H groups in total. The molecule has 4 heteroatoms. The average molecular weight is 246 g/mol. The van der Waals surface area contributed by atoms with Gasteiger partial charge in [0, 0.05) is 17.5 Å². The normalized spacial score (nSPS) is 15.1. The zero-order valence-electron chi connectivity index (χ0n) is 9.43. The van der Waals surface area contributed by atoms with E-state index in [9.17, 15) is 0 Å². The number of aromatic nitrogens is 1. The molecule has 0 saturated heterocycles. The monoisotopic (exact) mass is 246 g/mol. The Kier molecular flexibility index (Phi) is 3.16. The Balaban J connectivity index is 1.58. The third-order valence-electron chi connectivity index (χ3n) is 2.71. The Bertz CT molecular complexity index is 463. The average Bonchev–Trinajstić information content (AvgIpc) is 3.05. The van der Waals surface area contributed by atoms with E-state index >= 15 is 0 Å². The van der Waals surface area contributed by atoms with Gasteiger partial charge in [-0.1, -0.05) is 12.1 Å². The lowest BCUT2D eigenvalue weighted by atomic mass is 10.2. The molecule has 3 nitrogen and oxygen atoms in total. The predicted octanol–water partition coefficient (Wildman–Crippen LogP) is 3.08. The molecule has 1 heterocycles. The third kappa shape index (κ3) is 3.11. The molecule has 0 unspecified atom stereocenters. The van der Waals surface area contributed by atoms with Crippen molar-refractivity contribution >= 4 is 11.8 Å². The summed E-state index contributed by atoms with van der Waals surface area (Å²) in [6.07, 6.45) is 5.92. The summed E-state index contributed by atoms with van der Waals surface area (Å²) >= 11 is 1.54. The highest BCUT2D eigenvalue weighted by Crippen LogP contribution is 2.26. The van der Waals surface area contributed by atoms with E-state index in [-0.39, 0.29) is 0 Å². The molecular weight excluding hydrogens is 232 g/mol. The number of benzene rings is 1. The molecule has 1 saturated carbocycles. The number of hydrogen-bond donors (Lipinski definition) is 1. The summed E-state index contributed by atoms with van der Waals surface area (Å²) in [5.41, 5.74) is 1.33. The molecule has 0 bridgehead atoms. The van der Waals surface area contributed by atoms with Crippen molar-refractivity contribution in [3.8, 4) is 0 Å². The van der Waals surface area contributed by atoms with Crippen LogP contribution in [-0.2, 0) is 6.54 Å². The van der Waals surface area contributed by atoms with Crippen LogP contribution in [0.3, 0.4) is 0 Å². The minimum absolute atomic E-state index is 0.689. The number of nitrogens with zero attached hydrogens (tertiary/aromatic N) is 1. The van der Waals surface area contributed by atoms with Crippen LogP contribution < -0.4 is 5.32 Å². The van der Waals surface area contributed by atoms with E-state index < -0.39 is 0 Å². The van der Waals surface area contributed by atoms with Crippen molar-refractivity contribution in [1.82, 2.24) is 10.3 Å².